The molecule has 0 spiro atoms. The number of carbonyl (C=O) groups excluding carboxylic acids is 3. The number of hydrogen-bond acceptors (Lipinski definition) is 7. The summed E-state index contributed by atoms with van der Waals surface area (Å²) >= 11 is 0. The van der Waals surface area contributed by atoms with Gasteiger partial charge in [0.1, 0.15) is 10.5 Å². The Kier molecular flexibility index (Phi) is 4.28. The van der Waals surface area contributed by atoms with Crippen LogP contribution in [0.25, 0.3) is 26.6 Å². The maximum absolute atomic E-state index is 12.1. The van der Waals surface area contributed by atoms with Gasteiger partial charge in [0.25, 0.3) is 16.0 Å². The van der Waals surface area contributed by atoms with Gasteiger partial charge in [0.2, 0.25) is 11.6 Å². The third-order valence-corrected chi connectivity index (χ3v) is 3.99. The molecule has 0 atom stereocenters. The van der Waals surface area contributed by atoms with Gasteiger partial charge in [-0.1, -0.05) is 10.2 Å². The van der Waals surface area contributed by atoms with Crippen LogP contribution in [0.2, 0.25) is 0 Å². The molecule has 126 valence electrons. The number of fused-ring (bicyclic) bond motifs is 1. The summed E-state index contributed by atoms with van der Waals surface area (Å²) in [5, 5.41) is 6.19. The molecule has 1 aromatic carbocycles. The fourth-order valence-electron chi connectivity index (χ4n) is 2.19. The minimum atomic E-state index is -4.93. The molecule has 3 N–H and O–H groups in total. The van der Waals surface area contributed by atoms with Gasteiger partial charge >= 0.3 is 0 Å². The van der Waals surface area contributed by atoms with E-state index in [1.165, 1.54) is 0 Å². The van der Waals surface area contributed by atoms with Gasteiger partial charge < -0.3 is 5.73 Å². The van der Waals surface area contributed by atoms with Crippen LogP contribution in [0.4, 0.5) is 5.69 Å². The number of nitrogens with two attached hydrogens (primary N) is 1. The fraction of sp³-hybridized carbons (Fsp3) is 0. The van der Waals surface area contributed by atoms with E-state index in [9.17, 15) is 27.4 Å². The van der Waals surface area contributed by atoms with Crippen LogP contribution in [-0.2, 0) is 19.7 Å². The molecular weight excluding hydrogens is 358 g/mol. The Morgan fingerprint density at radius 3 is 2.20 bits per heavy atom. The first kappa shape index (κ1) is 17.7. The molecular formula is C11H5N7O6S. The SMILES string of the molecule is [N-]=[N+]=NC1=C(C(N)=O)C(=O)C(=O)c2ccc(S(=O)(=O)O)c(N=[N+]=[N-])c21. The van der Waals surface area contributed by atoms with E-state index in [0.29, 0.717) is 6.07 Å². The van der Waals surface area contributed by atoms with E-state index in [1.807, 2.05) is 0 Å². The molecule has 0 fully saturated rings. The van der Waals surface area contributed by atoms with Gasteiger partial charge in [0.05, 0.1) is 11.4 Å². The quantitative estimate of drug-likeness (QED) is 0.199. The lowest BCUT2D eigenvalue weighted by molar-refractivity contribution is -0.119. The number of hydrogen-bond donors (Lipinski definition) is 2. The number of ketones is 2. The van der Waals surface area contributed by atoms with Crippen molar-refractivity contribution in [1.82, 2.24) is 0 Å². The zero-order valence-corrected chi connectivity index (χ0v) is 12.6. The van der Waals surface area contributed by atoms with Crippen molar-refractivity contribution in [2.24, 2.45) is 16.0 Å². The van der Waals surface area contributed by atoms with Crippen LogP contribution >= 0.6 is 0 Å². The lowest BCUT2D eigenvalue weighted by Crippen LogP contribution is -2.31. The molecule has 0 unspecified atom stereocenters. The highest BCUT2D eigenvalue weighted by molar-refractivity contribution is 7.86. The van der Waals surface area contributed by atoms with Crippen molar-refractivity contribution < 1.29 is 27.4 Å². The lowest BCUT2D eigenvalue weighted by atomic mass is 9.86. The summed E-state index contributed by atoms with van der Waals surface area (Å²) in [6.45, 7) is 0. The Morgan fingerprint density at radius 2 is 1.72 bits per heavy atom. The van der Waals surface area contributed by atoms with Crippen molar-refractivity contribution in [3.63, 3.8) is 0 Å². The first-order valence-electron chi connectivity index (χ1n) is 6.03. The molecule has 1 aliphatic carbocycles. The van der Waals surface area contributed by atoms with E-state index in [0.717, 1.165) is 6.07 Å². The summed E-state index contributed by atoms with van der Waals surface area (Å²) < 4.78 is 32.1. The molecule has 1 aromatic rings. The third kappa shape index (κ3) is 2.80. The number of benzene rings is 1. The maximum Gasteiger partial charge on any atom is 0.295 e. The molecule has 13 nitrogen and oxygen atoms in total. The highest BCUT2D eigenvalue weighted by atomic mass is 32.2. The fourth-order valence-corrected chi connectivity index (χ4v) is 2.82. The van der Waals surface area contributed by atoms with Crippen molar-refractivity contribution in [2.75, 3.05) is 0 Å². The topological polar surface area (TPSA) is 229 Å². The molecule has 1 amide bonds. The van der Waals surface area contributed by atoms with E-state index in [2.05, 4.69) is 20.1 Å². The lowest BCUT2D eigenvalue weighted by Gasteiger charge is -2.20. The molecule has 0 saturated heterocycles. The Morgan fingerprint density at radius 1 is 1.12 bits per heavy atom. The molecule has 1 aliphatic rings. The Labute approximate surface area is 137 Å². The molecule has 0 aromatic heterocycles. The van der Waals surface area contributed by atoms with Crippen LogP contribution in [0, 0.1) is 0 Å². The van der Waals surface area contributed by atoms with Crippen molar-refractivity contribution in [1.29, 1.82) is 0 Å². The van der Waals surface area contributed by atoms with Crippen molar-refractivity contribution in [2.45, 2.75) is 4.90 Å². The van der Waals surface area contributed by atoms with E-state index >= 15 is 0 Å². The van der Waals surface area contributed by atoms with E-state index in [1.54, 1.807) is 0 Å². The molecule has 25 heavy (non-hydrogen) atoms. The molecule has 0 bridgehead atoms. The number of rotatable bonds is 4. The maximum atomic E-state index is 12.1. The first-order valence-corrected chi connectivity index (χ1v) is 7.47. The molecule has 0 radical (unpaired) electrons. The molecule has 14 heteroatoms. The average Bonchev–Trinajstić information content (AvgIpc) is 2.51. The molecule has 0 aliphatic heterocycles. The second kappa shape index (κ2) is 6.07. The van der Waals surface area contributed by atoms with Crippen LogP contribution in [0.1, 0.15) is 15.9 Å². The standard InChI is InChI=1S/C11H5N7O6S/c12-11(21)6-8(16-18-14)5-3(9(19)10(6)20)1-2-4(25(22,23)24)7(5)15-17-13/h1-2H,(H2,12,21)(H,22,23,24). The number of azide groups is 2. The smallest absolute Gasteiger partial charge is 0.295 e. The molecule has 0 saturated carbocycles. The second-order valence-electron chi connectivity index (χ2n) is 4.43. The van der Waals surface area contributed by atoms with Crippen LogP contribution in [-0.4, -0.2) is 30.4 Å². The van der Waals surface area contributed by atoms with Crippen molar-refractivity contribution in [3.8, 4) is 0 Å². The minimum absolute atomic E-state index is 0.493. The van der Waals surface area contributed by atoms with E-state index < -0.39 is 60.6 Å². The zero-order chi connectivity index (χ0) is 18.9. The second-order valence-corrected chi connectivity index (χ2v) is 5.82. The molecule has 0 heterocycles. The molecule has 2 rings (SSSR count). The van der Waals surface area contributed by atoms with Gasteiger partial charge in [-0.25, -0.2) is 0 Å². The first-order chi connectivity index (χ1) is 11.6. The summed E-state index contributed by atoms with van der Waals surface area (Å²) in [5.74, 6) is -4.07. The normalized spacial score (nSPS) is 13.6. The number of carbonyl (C=O) groups is 3. The number of primary amides is 1. The van der Waals surface area contributed by atoms with Gasteiger partial charge in [0, 0.05) is 21.0 Å². The summed E-state index contributed by atoms with van der Waals surface area (Å²) in [4.78, 5) is 39.5. The van der Waals surface area contributed by atoms with Crippen LogP contribution in [0.5, 0.6) is 0 Å². The van der Waals surface area contributed by atoms with Crippen LogP contribution < -0.4 is 5.73 Å². The Balaban J connectivity index is 3.17. The zero-order valence-electron chi connectivity index (χ0n) is 11.8. The van der Waals surface area contributed by atoms with Crippen molar-refractivity contribution in [3.05, 3.63) is 49.7 Å². The predicted molar refractivity (Wildman–Crippen MR) is 79.7 cm³/mol. The van der Waals surface area contributed by atoms with Gasteiger partial charge in [-0.05, 0) is 23.2 Å². The van der Waals surface area contributed by atoms with Gasteiger partial charge in [0.15, 0.2) is 0 Å². The highest BCUT2D eigenvalue weighted by Gasteiger charge is 2.38. The number of nitrogens with zero attached hydrogens (tertiary/aromatic N) is 6. The summed E-state index contributed by atoms with van der Waals surface area (Å²) in [6, 6.07) is 1.55. The van der Waals surface area contributed by atoms with E-state index in [-0.39, 0.29) is 0 Å². The van der Waals surface area contributed by atoms with Gasteiger partial charge in [-0.2, -0.15) is 8.42 Å². The Bertz CT molecular complexity index is 1090. The summed E-state index contributed by atoms with van der Waals surface area (Å²) in [5.41, 5.74) is 18.6. The summed E-state index contributed by atoms with van der Waals surface area (Å²) in [6.07, 6.45) is 0. The predicted octanol–water partition coefficient (Wildman–Crippen LogP) is 1.15. The number of Topliss-reactive ketones (excluding diaryl/α,β-unsaturated/α-hetero) is 2. The average molecular weight is 363 g/mol. The summed E-state index contributed by atoms with van der Waals surface area (Å²) in [7, 11) is -4.93. The minimum Gasteiger partial charge on any atom is -0.365 e. The highest BCUT2D eigenvalue weighted by Crippen LogP contribution is 2.41. The van der Waals surface area contributed by atoms with Crippen LogP contribution in [0.15, 0.2) is 32.8 Å². The van der Waals surface area contributed by atoms with Gasteiger partial charge in [-0.15, -0.1) is 0 Å². The van der Waals surface area contributed by atoms with Crippen LogP contribution in [0.3, 0.4) is 0 Å². The van der Waals surface area contributed by atoms with Crippen molar-refractivity contribution >= 4 is 39.0 Å². The third-order valence-electron chi connectivity index (χ3n) is 3.11. The Hall–Kier alpha value is -3.70. The van der Waals surface area contributed by atoms with Gasteiger partial charge in [-0.3, -0.25) is 18.9 Å². The van der Waals surface area contributed by atoms with E-state index in [4.69, 9.17) is 16.8 Å². The number of amides is 1. The monoisotopic (exact) mass is 363 g/mol. The largest absolute Gasteiger partial charge is 0.365 e.